The molecule has 0 atom stereocenters. The maximum absolute atomic E-state index is 12.5. The molecule has 32 heavy (non-hydrogen) atoms. The average Bonchev–Trinajstić information content (AvgIpc) is 3.00. The fraction of sp³-hybridized carbons (Fsp3) is 0.478. The number of benzene rings is 1. The van der Waals surface area contributed by atoms with Gasteiger partial charge in [-0.3, -0.25) is 13.9 Å². The van der Waals surface area contributed by atoms with Gasteiger partial charge in [0, 0.05) is 32.3 Å². The molecule has 0 saturated carbocycles. The van der Waals surface area contributed by atoms with Gasteiger partial charge in [0.15, 0.2) is 11.2 Å². The van der Waals surface area contributed by atoms with Gasteiger partial charge < -0.3 is 9.67 Å². The summed E-state index contributed by atoms with van der Waals surface area (Å²) in [6, 6.07) is 3.84. The first-order valence-electron chi connectivity index (χ1n) is 10.4. The second-order valence-corrected chi connectivity index (χ2v) is 10.2. The van der Waals surface area contributed by atoms with Gasteiger partial charge in [0.1, 0.15) is 5.75 Å². The zero-order chi connectivity index (χ0) is 24.2. The molecule has 0 spiro atoms. The molecule has 3 aromatic rings. The van der Waals surface area contributed by atoms with Gasteiger partial charge in [-0.05, 0) is 28.5 Å². The van der Waals surface area contributed by atoms with Gasteiger partial charge in [0.25, 0.3) is 5.56 Å². The lowest BCUT2D eigenvalue weighted by Crippen LogP contribution is -2.37. The number of nitrogens with one attached hydrogen (secondary N) is 1. The molecule has 0 aliphatic carbocycles. The summed E-state index contributed by atoms with van der Waals surface area (Å²) >= 11 is 0. The number of imidazole rings is 1. The monoisotopic (exact) mass is 440 g/mol. The number of hydrogen-bond acceptors (Lipinski definition) is 6. The van der Waals surface area contributed by atoms with E-state index < -0.39 is 11.2 Å². The van der Waals surface area contributed by atoms with Gasteiger partial charge >= 0.3 is 5.69 Å². The zero-order valence-electron chi connectivity index (χ0n) is 20.2. The summed E-state index contributed by atoms with van der Waals surface area (Å²) in [6.45, 7) is 12.3. The molecule has 1 aromatic carbocycles. The molecule has 3 rings (SSSR count). The number of phenolic OH excluding ortho intramolecular Hbond substituents is 1. The zero-order valence-corrected chi connectivity index (χ0v) is 20.2. The van der Waals surface area contributed by atoms with Crippen molar-refractivity contribution >= 4 is 23.3 Å². The van der Waals surface area contributed by atoms with Crippen molar-refractivity contribution < 1.29 is 5.11 Å². The van der Waals surface area contributed by atoms with Crippen molar-refractivity contribution in [1.29, 1.82) is 0 Å². The number of hydrazone groups is 1. The summed E-state index contributed by atoms with van der Waals surface area (Å²) in [6.07, 6.45) is 1.65. The molecule has 2 heterocycles. The second-order valence-electron chi connectivity index (χ2n) is 10.2. The van der Waals surface area contributed by atoms with E-state index in [1.54, 1.807) is 24.9 Å². The number of phenols is 1. The Labute approximate surface area is 187 Å². The number of hydrogen-bond donors (Lipinski definition) is 2. The fourth-order valence-corrected chi connectivity index (χ4v) is 3.66. The number of aryl methyl sites for hydroxylation is 2. The Morgan fingerprint density at radius 1 is 0.938 bits per heavy atom. The van der Waals surface area contributed by atoms with Crippen LogP contribution in [-0.4, -0.2) is 30.0 Å². The van der Waals surface area contributed by atoms with Crippen molar-refractivity contribution in [2.75, 3.05) is 5.43 Å². The van der Waals surface area contributed by atoms with Crippen LogP contribution in [0, 0.1) is 0 Å². The summed E-state index contributed by atoms with van der Waals surface area (Å²) in [4.78, 5) is 29.1. The van der Waals surface area contributed by atoms with Gasteiger partial charge in [0.05, 0.1) is 6.21 Å². The van der Waals surface area contributed by atoms with E-state index in [0.717, 1.165) is 21.3 Å². The number of aromatic hydroxyl groups is 1. The van der Waals surface area contributed by atoms with Crippen LogP contribution in [0.1, 0.15) is 58.2 Å². The van der Waals surface area contributed by atoms with Gasteiger partial charge in [-0.15, -0.1) is 0 Å². The molecule has 0 unspecified atom stereocenters. The lowest BCUT2D eigenvalue weighted by Gasteiger charge is -2.27. The minimum atomic E-state index is -0.441. The Kier molecular flexibility index (Phi) is 5.57. The van der Waals surface area contributed by atoms with Crippen molar-refractivity contribution in [3.63, 3.8) is 0 Å². The predicted molar refractivity (Wildman–Crippen MR) is 128 cm³/mol. The third-order valence-electron chi connectivity index (χ3n) is 5.60. The van der Waals surface area contributed by atoms with Gasteiger partial charge in [-0.2, -0.15) is 10.1 Å². The highest BCUT2D eigenvalue weighted by atomic mass is 16.3. The number of fused-ring (bicyclic) bond motifs is 1. The first kappa shape index (κ1) is 23.3. The van der Waals surface area contributed by atoms with Crippen molar-refractivity contribution in [3.05, 3.63) is 49.7 Å². The van der Waals surface area contributed by atoms with Crippen LogP contribution in [0.3, 0.4) is 0 Å². The topological polar surface area (TPSA) is 106 Å². The van der Waals surface area contributed by atoms with Crippen molar-refractivity contribution in [2.24, 2.45) is 26.2 Å². The number of aromatic nitrogens is 4. The third kappa shape index (κ3) is 3.94. The molecule has 0 fully saturated rings. The average molecular weight is 441 g/mol. The molecule has 0 radical (unpaired) electrons. The Morgan fingerprint density at radius 2 is 1.47 bits per heavy atom. The summed E-state index contributed by atoms with van der Waals surface area (Å²) in [5.74, 6) is 0.641. The van der Waals surface area contributed by atoms with Crippen LogP contribution in [0.4, 0.5) is 5.95 Å². The molecule has 9 nitrogen and oxygen atoms in total. The summed E-state index contributed by atoms with van der Waals surface area (Å²) in [7, 11) is 4.70. The largest absolute Gasteiger partial charge is 0.507 e. The molecule has 172 valence electrons. The number of rotatable bonds is 3. The molecule has 2 N–H and O–H groups in total. The van der Waals surface area contributed by atoms with Crippen LogP contribution in [0.25, 0.3) is 11.2 Å². The standard InChI is InChI=1S/C23H32N6O3/c1-22(2,3)14-10-13(11-15(17(14)30)23(4,5)6)12-24-26-20-25-18-16(27(20)7)19(31)29(9)21(32)28(18)8/h10-12,30H,1-9H3,(H,25,26)/b24-12-. The van der Waals surface area contributed by atoms with Crippen LogP contribution in [0.15, 0.2) is 26.8 Å². The van der Waals surface area contributed by atoms with E-state index >= 15 is 0 Å². The number of anilines is 1. The third-order valence-corrected chi connectivity index (χ3v) is 5.60. The van der Waals surface area contributed by atoms with Crippen LogP contribution in [-0.2, 0) is 32.0 Å². The lowest BCUT2D eigenvalue weighted by atomic mass is 9.78. The van der Waals surface area contributed by atoms with Gasteiger partial charge in [-0.25, -0.2) is 10.2 Å². The van der Waals surface area contributed by atoms with E-state index in [1.807, 2.05) is 12.1 Å². The highest BCUT2D eigenvalue weighted by Crippen LogP contribution is 2.39. The molecule has 0 aliphatic rings. The Hall–Kier alpha value is -3.36. The SMILES string of the molecule is Cn1c(=O)c2c(nc(N/N=C\c3cc(C(C)(C)C)c(O)c(C(C)(C)C)c3)n2C)n(C)c1=O. The normalized spacial score (nSPS) is 12.8. The molecule has 0 saturated heterocycles. The van der Waals surface area contributed by atoms with E-state index in [1.165, 1.54) is 11.6 Å². The van der Waals surface area contributed by atoms with Crippen molar-refractivity contribution in [1.82, 2.24) is 18.7 Å². The van der Waals surface area contributed by atoms with Crippen LogP contribution in [0.2, 0.25) is 0 Å². The number of nitrogens with zero attached hydrogens (tertiary/aromatic N) is 5. The minimum Gasteiger partial charge on any atom is -0.507 e. The van der Waals surface area contributed by atoms with E-state index in [0.29, 0.717) is 17.2 Å². The predicted octanol–water partition coefficient (Wildman–Crippen LogP) is 2.72. The molecule has 0 amide bonds. The quantitative estimate of drug-likeness (QED) is 0.481. The van der Waals surface area contributed by atoms with Crippen LogP contribution in [0.5, 0.6) is 5.75 Å². The van der Waals surface area contributed by atoms with Gasteiger partial charge in [-0.1, -0.05) is 41.5 Å². The van der Waals surface area contributed by atoms with Gasteiger partial charge in [0.2, 0.25) is 5.95 Å². The summed E-state index contributed by atoms with van der Waals surface area (Å²) in [5, 5.41) is 15.2. The van der Waals surface area contributed by atoms with E-state index in [9.17, 15) is 14.7 Å². The second kappa shape index (κ2) is 7.65. The van der Waals surface area contributed by atoms with Crippen molar-refractivity contribution in [3.8, 4) is 5.75 Å². The first-order valence-corrected chi connectivity index (χ1v) is 10.4. The minimum absolute atomic E-state index is 0.246. The van der Waals surface area contributed by atoms with Crippen molar-refractivity contribution in [2.45, 2.75) is 52.4 Å². The smallest absolute Gasteiger partial charge is 0.332 e. The molecular formula is C23H32N6O3. The molecular weight excluding hydrogens is 408 g/mol. The molecule has 0 bridgehead atoms. The summed E-state index contributed by atoms with van der Waals surface area (Å²) < 4.78 is 3.96. The van der Waals surface area contributed by atoms with E-state index in [-0.39, 0.29) is 16.5 Å². The Morgan fingerprint density at radius 3 is 1.97 bits per heavy atom. The maximum Gasteiger partial charge on any atom is 0.332 e. The lowest BCUT2D eigenvalue weighted by molar-refractivity contribution is 0.423. The highest BCUT2D eigenvalue weighted by Gasteiger charge is 2.26. The Balaban J connectivity index is 2.05. The molecule has 2 aromatic heterocycles. The highest BCUT2D eigenvalue weighted by molar-refractivity contribution is 5.82. The van der Waals surface area contributed by atoms with Crippen LogP contribution < -0.4 is 16.7 Å². The van der Waals surface area contributed by atoms with Crippen LogP contribution >= 0.6 is 0 Å². The van der Waals surface area contributed by atoms with E-state index in [4.69, 9.17) is 0 Å². The first-order chi connectivity index (χ1) is 14.6. The Bertz CT molecular complexity index is 1310. The van der Waals surface area contributed by atoms with E-state index in [2.05, 4.69) is 57.1 Å². The molecule has 9 heteroatoms. The summed E-state index contributed by atoms with van der Waals surface area (Å²) in [5.41, 5.74) is 4.62. The fourth-order valence-electron chi connectivity index (χ4n) is 3.66. The maximum atomic E-state index is 12.5. The molecule has 0 aliphatic heterocycles.